The number of alkyl carbamates (subject to hydrolysis) is 1. The zero-order valence-electron chi connectivity index (χ0n) is 27.7. The molecule has 2 aliphatic rings. The first-order valence-corrected chi connectivity index (χ1v) is 15.6. The minimum Gasteiger partial charge on any atom is -0.461 e. The summed E-state index contributed by atoms with van der Waals surface area (Å²) >= 11 is 0. The van der Waals surface area contributed by atoms with E-state index >= 15 is 0 Å². The molecule has 13 nitrogen and oxygen atoms in total. The van der Waals surface area contributed by atoms with E-state index in [0.717, 1.165) is 17.8 Å². The van der Waals surface area contributed by atoms with Gasteiger partial charge < -0.3 is 46.3 Å². The standard InChI is InChI=1S/C33H45N6O7.Y/c1-32(2,3)46-31(44)37-17-24(34)30(43)36-18-28(41)45-21-9-6-19(7-10-21)38-25-14-20(8-11-22(25)29(35)42)39-13-12-23-26(39)15-33(4,5)16-27(23)40;/h8,11,13-14,19,21,24,38H,6-7,9-10,15-18,34H2,1-5H3,(H2,35,42)(H,36,43)(H,37,44);/q-1;. The van der Waals surface area contributed by atoms with Gasteiger partial charge in [0.1, 0.15) is 24.3 Å². The molecule has 1 aromatic carbocycles. The summed E-state index contributed by atoms with van der Waals surface area (Å²) in [5.41, 5.74) is 13.9. The number of ketones is 1. The third kappa shape index (κ3) is 10.6. The van der Waals surface area contributed by atoms with Crippen molar-refractivity contribution in [3.8, 4) is 5.69 Å². The number of nitrogens with two attached hydrogens (primary N) is 2. The number of ether oxygens (including phenoxy) is 2. The van der Waals surface area contributed by atoms with Gasteiger partial charge in [-0.05, 0) is 76.5 Å². The van der Waals surface area contributed by atoms with Gasteiger partial charge in [-0.15, -0.1) is 5.56 Å². The molecule has 0 spiro atoms. The Morgan fingerprint density at radius 3 is 2.40 bits per heavy atom. The van der Waals surface area contributed by atoms with E-state index < -0.39 is 35.5 Å². The van der Waals surface area contributed by atoms with E-state index in [0.29, 0.717) is 48.9 Å². The monoisotopic (exact) mass is 726 g/mol. The van der Waals surface area contributed by atoms with Crippen LogP contribution in [0.1, 0.15) is 93.1 Å². The summed E-state index contributed by atoms with van der Waals surface area (Å²) in [5, 5.41) is 8.31. The maximum absolute atomic E-state index is 12.7. The number of fused-ring (bicyclic) bond motifs is 1. The Morgan fingerprint density at radius 2 is 1.77 bits per heavy atom. The van der Waals surface area contributed by atoms with E-state index in [2.05, 4.69) is 35.9 Å². The normalized spacial score (nSPS) is 19.3. The van der Waals surface area contributed by atoms with Crippen LogP contribution < -0.4 is 27.4 Å². The smallest absolute Gasteiger partial charge is 0.407 e. The Balaban J connectivity index is 0.00000600. The first kappa shape index (κ1) is 38.2. The van der Waals surface area contributed by atoms with Gasteiger partial charge in [-0.1, -0.05) is 32.2 Å². The van der Waals surface area contributed by atoms with Crippen LogP contribution in [0.5, 0.6) is 0 Å². The first-order chi connectivity index (χ1) is 21.5. The van der Waals surface area contributed by atoms with E-state index in [1.54, 1.807) is 33.0 Å². The van der Waals surface area contributed by atoms with E-state index in [4.69, 9.17) is 20.9 Å². The average molecular weight is 727 g/mol. The number of carbonyl (C=O) groups is 5. The van der Waals surface area contributed by atoms with Gasteiger partial charge in [-0.2, -0.15) is 6.07 Å². The quantitative estimate of drug-likeness (QED) is 0.181. The van der Waals surface area contributed by atoms with Crippen molar-refractivity contribution in [1.82, 2.24) is 15.2 Å². The Morgan fingerprint density at radius 1 is 1.09 bits per heavy atom. The topological polar surface area (TPSA) is 197 Å². The Kier molecular flexibility index (Phi) is 12.8. The first-order valence-electron chi connectivity index (χ1n) is 15.6. The van der Waals surface area contributed by atoms with Gasteiger partial charge in [0, 0.05) is 56.7 Å². The Bertz CT molecular complexity index is 1490. The van der Waals surface area contributed by atoms with Crippen molar-refractivity contribution >= 4 is 35.3 Å². The number of carbonyl (C=O) groups excluding carboxylic acids is 5. The van der Waals surface area contributed by atoms with Crippen LogP contribution in [0.2, 0.25) is 0 Å². The molecule has 2 aromatic rings. The van der Waals surface area contributed by atoms with Crippen molar-refractivity contribution in [3.63, 3.8) is 0 Å². The molecule has 0 bridgehead atoms. The van der Waals surface area contributed by atoms with Gasteiger partial charge >= 0.3 is 12.1 Å². The number of amides is 3. The van der Waals surface area contributed by atoms with Gasteiger partial charge in [-0.25, -0.2) is 4.79 Å². The number of benzene rings is 1. The summed E-state index contributed by atoms with van der Waals surface area (Å²) < 4.78 is 12.6. The van der Waals surface area contributed by atoms with Crippen LogP contribution in [0.3, 0.4) is 0 Å². The summed E-state index contributed by atoms with van der Waals surface area (Å²) in [6.45, 7) is 8.78. The molecule has 2 aliphatic carbocycles. The van der Waals surface area contributed by atoms with Crippen LogP contribution in [-0.2, 0) is 58.2 Å². The summed E-state index contributed by atoms with van der Waals surface area (Å²) in [4.78, 5) is 61.4. The molecular formula is C33H45N6O7Y-. The number of rotatable bonds is 10. The second-order valence-electron chi connectivity index (χ2n) is 13.8. The molecule has 1 saturated carbocycles. The third-order valence-corrected chi connectivity index (χ3v) is 7.97. The van der Waals surface area contributed by atoms with E-state index in [1.165, 1.54) is 0 Å². The molecule has 14 heteroatoms. The summed E-state index contributed by atoms with van der Waals surface area (Å²) in [6.07, 6.45) is 4.45. The SMILES string of the molecule is CC1(C)CC(=O)c2[c-]cn(-c3ccc(C(N)=O)c(NC4CCC(OC(=O)CNC(=O)C(N)CNC(=O)OC(C)(C)C)CC4)c3)c2C1.[Y]. The van der Waals surface area contributed by atoms with Crippen LogP contribution >= 0.6 is 0 Å². The molecule has 0 aliphatic heterocycles. The Hall–Kier alpha value is -3.29. The molecule has 47 heavy (non-hydrogen) atoms. The number of anilines is 1. The molecule has 1 atom stereocenters. The van der Waals surface area contributed by atoms with E-state index in [1.807, 2.05) is 16.7 Å². The fourth-order valence-corrected chi connectivity index (χ4v) is 5.77. The zero-order chi connectivity index (χ0) is 33.8. The number of hydrogen-bond donors (Lipinski definition) is 5. The molecule has 253 valence electrons. The van der Waals surface area contributed by atoms with Gasteiger partial charge in [0.25, 0.3) is 5.91 Å². The molecule has 1 radical (unpaired) electrons. The van der Waals surface area contributed by atoms with Crippen molar-refractivity contribution in [2.75, 3.05) is 18.4 Å². The average Bonchev–Trinajstić information content (AvgIpc) is 3.37. The number of aromatic nitrogens is 1. The predicted octanol–water partition coefficient (Wildman–Crippen LogP) is 2.76. The number of nitrogens with one attached hydrogen (secondary N) is 3. The number of esters is 1. The molecule has 7 N–H and O–H groups in total. The molecule has 1 aromatic heterocycles. The number of primary amides is 1. The predicted molar refractivity (Wildman–Crippen MR) is 171 cm³/mol. The van der Waals surface area contributed by atoms with Gasteiger partial charge in [0.05, 0.1) is 11.3 Å². The fraction of sp³-hybridized carbons (Fsp3) is 0.545. The van der Waals surface area contributed by atoms with Crippen LogP contribution in [0.4, 0.5) is 10.5 Å². The maximum atomic E-state index is 12.7. The maximum Gasteiger partial charge on any atom is 0.407 e. The second kappa shape index (κ2) is 15.7. The zero-order valence-corrected chi connectivity index (χ0v) is 30.6. The summed E-state index contributed by atoms with van der Waals surface area (Å²) in [5.74, 6) is -1.68. The van der Waals surface area contributed by atoms with Crippen molar-refractivity contribution in [2.45, 2.75) is 96.9 Å². The van der Waals surface area contributed by atoms with Crippen molar-refractivity contribution in [2.24, 2.45) is 16.9 Å². The van der Waals surface area contributed by atoms with E-state index in [9.17, 15) is 24.0 Å². The largest absolute Gasteiger partial charge is 0.461 e. The second-order valence-corrected chi connectivity index (χ2v) is 13.8. The summed E-state index contributed by atoms with van der Waals surface area (Å²) in [6, 6.07) is 7.41. The van der Waals surface area contributed by atoms with Crippen molar-refractivity contribution < 1.29 is 66.2 Å². The number of Topliss-reactive ketones (excluding diaryl/α,β-unsaturated/α-hetero) is 1. The van der Waals surface area contributed by atoms with Crippen LogP contribution in [0, 0.1) is 11.5 Å². The molecule has 3 amide bonds. The number of hydrogen-bond acceptors (Lipinski definition) is 9. The van der Waals surface area contributed by atoms with Crippen LogP contribution in [-0.4, -0.2) is 71.1 Å². The minimum absolute atomic E-state index is 0. The molecule has 4 rings (SSSR count). The number of nitrogens with zero attached hydrogens (tertiary/aromatic N) is 1. The van der Waals surface area contributed by atoms with Crippen LogP contribution in [0.25, 0.3) is 5.69 Å². The molecular weight excluding hydrogens is 681 g/mol. The van der Waals surface area contributed by atoms with Crippen molar-refractivity contribution in [1.29, 1.82) is 0 Å². The molecule has 1 heterocycles. The minimum atomic E-state index is -1.07. The van der Waals surface area contributed by atoms with Gasteiger partial charge in [0.2, 0.25) is 5.91 Å². The third-order valence-electron chi connectivity index (χ3n) is 7.97. The van der Waals surface area contributed by atoms with Crippen molar-refractivity contribution in [3.05, 3.63) is 47.3 Å². The van der Waals surface area contributed by atoms with Crippen LogP contribution in [0.15, 0.2) is 24.4 Å². The molecule has 1 fully saturated rings. The van der Waals surface area contributed by atoms with Gasteiger partial charge in [0.15, 0.2) is 0 Å². The summed E-state index contributed by atoms with van der Waals surface area (Å²) in [7, 11) is 0. The fourth-order valence-electron chi connectivity index (χ4n) is 5.77. The van der Waals surface area contributed by atoms with Gasteiger partial charge in [-0.3, -0.25) is 14.4 Å². The molecule has 1 unspecified atom stereocenters. The Labute approximate surface area is 300 Å². The van der Waals surface area contributed by atoms with E-state index in [-0.39, 0.29) is 69.1 Å². The molecule has 0 saturated heterocycles.